The number of nitrogens with zero attached hydrogens (tertiary/aromatic N) is 1. The molecule has 0 saturated carbocycles. The molecule has 0 atom stereocenters. The number of hydrogen-bond donors (Lipinski definition) is 0. The summed E-state index contributed by atoms with van der Waals surface area (Å²) in [6.45, 7) is 0. The highest BCUT2D eigenvalue weighted by Gasteiger charge is 2.20. The van der Waals surface area contributed by atoms with E-state index in [9.17, 15) is 4.79 Å². The van der Waals surface area contributed by atoms with Crippen LogP contribution in [0.1, 0.15) is 10.4 Å². The number of carbonyl (C=O) groups is 1. The number of benzene rings is 2. The van der Waals surface area contributed by atoms with Crippen molar-refractivity contribution >= 4 is 39.4 Å². The molecule has 5 heteroatoms. The molecule has 0 fully saturated rings. The second-order valence-electron chi connectivity index (χ2n) is 4.30. The number of rotatable bonds is 2. The standard InChI is InChI=1S/C15H12ClNO3/c1-19-15(18)10-7-8-11(16)14-13(10)9-5-3-4-6-12(9)17(14)20-2/h3-8H,1-2H3. The third-order valence-corrected chi connectivity index (χ3v) is 3.62. The number of para-hydroxylation sites is 1. The minimum Gasteiger partial charge on any atom is -0.465 e. The van der Waals surface area contributed by atoms with Gasteiger partial charge in [0.25, 0.3) is 0 Å². The number of fused-ring (bicyclic) bond motifs is 3. The maximum atomic E-state index is 12.0. The molecule has 1 heterocycles. The van der Waals surface area contributed by atoms with Gasteiger partial charge in [0.2, 0.25) is 0 Å². The van der Waals surface area contributed by atoms with Gasteiger partial charge in [-0.05, 0) is 18.2 Å². The first-order chi connectivity index (χ1) is 9.69. The lowest BCUT2D eigenvalue weighted by molar-refractivity contribution is 0.0603. The number of ether oxygens (including phenoxy) is 1. The molecule has 0 aliphatic heterocycles. The zero-order chi connectivity index (χ0) is 14.3. The maximum Gasteiger partial charge on any atom is 0.338 e. The average Bonchev–Trinajstić information content (AvgIpc) is 2.82. The minimum absolute atomic E-state index is 0.398. The molecule has 0 amide bonds. The third kappa shape index (κ3) is 1.65. The minimum atomic E-state index is -0.398. The molecule has 4 nitrogen and oxygen atoms in total. The van der Waals surface area contributed by atoms with Gasteiger partial charge in [0, 0.05) is 10.8 Å². The highest BCUT2D eigenvalue weighted by Crippen LogP contribution is 2.35. The molecule has 20 heavy (non-hydrogen) atoms. The van der Waals surface area contributed by atoms with Crippen molar-refractivity contribution in [3.8, 4) is 0 Å². The Balaban J connectivity index is 2.58. The summed E-state index contributed by atoms with van der Waals surface area (Å²) in [7, 11) is 2.92. The Hall–Kier alpha value is -2.20. The number of halogens is 1. The van der Waals surface area contributed by atoms with Crippen LogP contribution in [0.15, 0.2) is 36.4 Å². The van der Waals surface area contributed by atoms with Crippen molar-refractivity contribution in [2.75, 3.05) is 14.2 Å². The maximum absolute atomic E-state index is 12.0. The molecule has 0 aliphatic rings. The van der Waals surface area contributed by atoms with Gasteiger partial charge >= 0.3 is 5.97 Å². The smallest absolute Gasteiger partial charge is 0.338 e. The lowest BCUT2D eigenvalue weighted by Gasteiger charge is -2.06. The Morgan fingerprint density at radius 2 is 1.90 bits per heavy atom. The van der Waals surface area contributed by atoms with Crippen LogP contribution in [-0.4, -0.2) is 24.9 Å². The van der Waals surface area contributed by atoms with Crippen molar-refractivity contribution in [2.45, 2.75) is 0 Å². The first-order valence-corrected chi connectivity index (χ1v) is 6.41. The Bertz CT molecular complexity index is 823. The summed E-state index contributed by atoms with van der Waals surface area (Å²) in [5.74, 6) is -0.398. The summed E-state index contributed by atoms with van der Waals surface area (Å²) in [6, 6.07) is 11.0. The van der Waals surface area contributed by atoms with E-state index in [1.165, 1.54) is 7.11 Å². The number of aromatic nitrogens is 1. The van der Waals surface area contributed by atoms with E-state index in [1.54, 1.807) is 24.0 Å². The van der Waals surface area contributed by atoms with E-state index in [2.05, 4.69) is 0 Å². The van der Waals surface area contributed by atoms with Gasteiger partial charge in [-0.15, -0.1) is 0 Å². The fourth-order valence-corrected chi connectivity index (χ4v) is 2.72. The predicted octanol–water partition coefficient (Wildman–Crippen LogP) is 3.29. The monoisotopic (exact) mass is 289 g/mol. The van der Waals surface area contributed by atoms with E-state index in [0.717, 1.165) is 16.3 Å². The molecule has 2 aromatic carbocycles. The lowest BCUT2D eigenvalue weighted by atomic mass is 10.1. The molecular weight excluding hydrogens is 278 g/mol. The fraction of sp³-hybridized carbons (Fsp3) is 0.133. The largest absolute Gasteiger partial charge is 0.465 e. The number of carbonyl (C=O) groups excluding carboxylic acids is 1. The zero-order valence-corrected chi connectivity index (χ0v) is 11.8. The van der Waals surface area contributed by atoms with Crippen LogP contribution in [0, 0.1) is 0 Å². The van der Waals surface area contributed by atoms with Crippen LogP contribution in [0.5, 0.6) is 0 Å². The van der Waals surface area contributed by atoms with Gasteiger partial charge in [0.05, 0.1) is 23.2 Å². The molecule has 3 aromatic rings. The van der Waals surface area contributed by atoms with Crippen molar-refractivity contribution < 1.29 is 14.4 Å². The van der Waals surface area contributed by atoms with Crippen molar-refractivity contribution in [3.05, 3.63) is 47.0 Å². The molecule has 1 aromatic heterocycles. The van der Waals surface area contributed by atoms with Crippen molar-refractivity contribution in [1.82, 2.24) is 4.73 Å². The van der Waals surface area contributed by atoms with E-state index < -0.39 is 5.97 Å². The predicted molar refractivity (Wildman–Crippen MR) is 78.3 cm³/mol. The lowest BCUT2D eigenvalue weighted by Crippen LogP contribution is -2.06. The molecule has 102 valence electrons. The van der Waals surface area contributed by atoms with Crippen LogP contribution < -0.4 is 4.84 Å². The van der Waals surface area contributed by atoms with E-state index in [1.807, 2.05) is 24.3 Å². The molecule has 0 bridgehead atoms. The molecule has 0 unspecified atom stereocenters. The molecule has 0 aliphatic carbocycles. The second kappa shape index (κ2) is 4.72. The highest BCUT2D eigenvalue weighted by molar-refractivity contribution is 6.37. The van der Waals surface area contributed by atoms with Gasteiger partial charge in [-0.3, -0.25) is 0 Å². The molecule has 0 saturated heterocycles. The summed E-state index contributed by atoms with van der Waals surface area (Å²) in [6.07, 6.45) is 0. The van der Waals surface area contributed by atoms with Gasteiger partial charge in [0.15, 0.2) is 0 Å². The quantitative estimate of drug-likeness (QED) is 0.680. The van der Waals surface area contributed by atoms with E-state index in [4.69, 9.17) is 21.2 Å². The first-order valence-electron chi connectivity index (χ1n) is 6.03. The van der Waals surface area contributed by atoms with Crippen LogP contribution in [0.25, 0.3) is 21.8 Å². The first kappa shape index (κ1) is 12.8. The van der Waals surface area contributed by atoms with E-state index in [0.29, 0.717) is 16.1 Å². The molecule has 3 rings (SSSR count). The van der Waals surface area contributed by atoms with Crippen molar-refractivity contribution in [1.29, 1.82) is 0 Å². The zero-order valence-electron chi connectivity index (χ0n) is 11.0. The summed E-state index contributed by atoms with van der Waals surface area (Å²) in [5.41, 5.74) is 1.99. The molecular formula is C15H12ClNO3. The number of hydrogen-bond acceptors (Lipinski definition) is 3. The molecule has 0 N–H and O–H groups in total. The van der Waals surface area contributed by atoms with Crippen LogP contribution in [0.2, 0.25) is 5.02 Å². The summed E-state index contributed by atoms with van der Waals surface area (Å²) >= 11 is 6.28. The van der Waals surface area contributed by atoms with Gasteiger partial charge < -0.3 is 9.57 Å². The molecule has 0 spiro atoms. The Labute approximate surface area is 120 Å². The van der Waals surface area contributed by atoms with Crippen LogP contribution in [0.3, 0.4) is 0 Å². The Morgan fingerprint density at radius 1 is 1.15 bits per heavy atom. The summed E-state index contributed by atoms with van der Waals surface area (Å²) in [5, 5.41) is 2.15. The highest BCUT2D eigenvalue weighted by atomic mass is 35.5. The third-order valence-electron chi connectivity index (χ3n) is 3.31. The van der Waals surface area contributed by atoms with Crippen LogP contribution >= 0.6 is 11.6 Å². The Morgan fingerprint density at radius 3 is 2.60 bits per heavy atom. The van der Waals surface area contributed by atoms with Crippen molar-refractivity contribution in [2.24, 2.45) is 0 Å². The van der Waals surface area contributed by atoms with Crippen LogP contribution in [-0.2, 0) is 4.74 Å². The van der Waals surface area contributed by atoms with Crippen LogP contribution in [0.4, 0.5) is 0 Å². The topological polar surface area (TPSA) is 40.5 Å². The van der Waals surface area contributed by atoms with E-state index in [-0.39, 0.29) is 0 Å². The average molecular weight is 290 g/mol. The van der Waals surface area contributed by atoms with Gasteiger partial charge in [-0.2, -0.15) is 4.73 Å². The van der Waals surface area contributed by atoms with Gasteiger partial charge in [-0.1, -0.05) is 29.8 Å². The number of methoxy groups -OCH3 is 1. The Kier molecular flexibility index (Phi) is 3.03. The summed E-state index contributed by atoms with van der Waals surface area (Å²) in [4.78, 5) is 17.4. The molecule has 0 radical (unpaired) electrons. The van der Waals surface area contributed by atoms with E-state index >= 15 is 0 Å². The second-order valence-corrected chi connectivity index (χ2v) is 4.71. The normalized spacial score (nSPS) is 10.9. The van der Waals surface area contributed by atoms with Gasteiger partial charge in [-0.25, -0.2) is 4.79 Å². The summed E-state index contributed by atoms with van der Waals surface area (Å²) < 4.78 is 6.47. The van der Waals surface area contributed by atoms with Gasteiger partial charge in [0.1, 0.15) is 12.6 Å². The van der Waals surface area contributed by atoms with Crippen molar-refractivity contribution in [3.63, 3.8) is 0 Å². The fourth-order valence-electron chi connectivity index (χ4n) is 2.49. The number of esters is 1. The SMILES string of the molecule is COC(=O)c1ccc(Cl)c2c1c1ccccc1n2OC.